The molecule has 1 saturated heterocycles. The molecule has 0 saturated carbocycles. The van der Waals surface area contributed by atoms with Crippen LogP contribution in [0.3, 0.4) is 0 Å². The normalized spacial score (nSPS) is 23.7. The van der Waals surface area contributed by atoms with Gasteiger partial charge < -0.3 is 5.73 Å². The minimum absolute atomic E-state index is 0.0725. The predicted octanol–water partition coefficient (Wildman–Crippen LogP) is 1.97. The lowest BCUT2D eigenvalue weighted by Gasteiger charge is -2.23. The quantitative estimate of drug-likeness (QED) is 0.834. The van der Waals surface area contributed by atoms with Crippen LogP contribution < -0.4 is 10.5 Å². The molecule has 1 unspecified atom stereocenters. The highest BCUT2D eigenvalue weighted by molar-refractivity contribution is 8.01. The van der Waals surface area contributed by atoms with Gasteiger partial charge in [-0.15, -0.1) is 0 Å². The van der Waals surface area contributed by atoms with Crippen molar-refractivity contribution in [2.75, 3.05) is 18.0 Å². The minimum Gasteiger partial charge on any atom is -0.398 e. The van der Waals surface area contributed by atoms with Crippen molar-refractivity contribution >= 4 is 27.5 Å². The van der Waals surface area contributed by atoms with Gasteiger partial charge in [-0.05, 0) is 37.7 Å². The first kappa shape index (κ1) is 14.6. The molecule has 1 aromatic rings. The number of benzene rings is 1. The van der Waals surface area contributed by atoms with Crippen LogP contribution in [0.5, 0.6) is 0 Å². The summed E-state index contributed by atoms with van der Waals surface area (Å²) in [6.45, 7) is 2.30. The van der Waals surface area contributed by atoms with Crippen LogP contribution in [0.15, 0.2) is 23.1 Å². The number of thioether (sulfide) groups is 1. The van der Waals surface area contributed by atoms with Crippen LogP contribution in [-0.2, 0) is 10.0 Å². The summed E-state index contributed by atoms with van der Waals surface area (Å²) in [5, 5.41) is 0. The summed E-state index contributed by atoms with van der Waals surface area (Å²) in [5.41, 5.74) is 5.49. The minimum atomic E-state index is -3.91. The second-order valence-electron chi connectivity index (χ2n) is 4.88. The van der Waals surface area contributed by atoms with E-state index in [4.69, 9.17) is 5.73 Å². The second kappa shape index (κ2) is 5.30. The Balaban J connectivity index is 2.19. The Morgan fingerprint density at radius 2 is 2.26 bits per heavy atom. The average molecular weight is 304 g/mol. The maximum atomic E-state index is 13.6. The smallest absolute Gasteiger partial charge is 0.245 e. The van der Waals surface area contributed by atoms with Crippen molar-refractivity contribution in [3.63, 3.8) is 0 Å². The summed E-state index contributed by atoms with van der Waals surface area (Å²) in [6, 6.07) is 3.86. The van der Waals surface area contributed by atoms with Crippen molar-refractivity contribution in [3.05, 3.63) is 24.0 Å². The molecule has 2 rings (SSSR count). The number of nitrogen functional groups attached to an aromatic ring is 1. The van der Waals surface area contributed by atoms with E-state index in [1.807, 2.05) is 6.92 Å². The van der Waals surface area contributed by atoms with Gasteiger partial charge in [0.1, 0.15) is 10.7 Å². The van der Waals surface area contributed by atoms with Gasteiger partial charge in [0.25, 0.3) is 0 Å². The molecule has 0 amide bonds. The van der Waals surface area contributed by atoms with Gasteiger partial charge in [-0.1, -0.05) is 6.07 Å². The zero-order chi connectivity index (χ0) is 14.1. The number of nitrogens with two attached hydrogens (primary N) is 1. The molecule has 106 valence electrons. The molecule has 0 aliphatic carbocycles. The molecule has 1 aromatic carbocycles. The Labute approximate surface area is 117 Å². The summed E-state index contributed by atoms with van der Waals surface area (Å²) in [7, 11) is -3.91. The topological polar surface area (TPSA) is 72.2 Å². The van der Waals surface area contributed by atoms with Gasteiger partial charge in [0.2, 0.25) is 10.0 Å². The lowest BCUT2D eigenvalue weighted by Crippen LogP contribution is -2.37. The van der Waals surface area contributed by atoms with E-state index in [1.54, 1.807) is 11.8 Å². The highest BCUT2D eigenvalue weighted by Crippen LogP contribution is 2.37. The van der Waals surface area contributed by atoms with Crippen LogP contribution in [0.1, 0.15) is 19.8 Å². The van der Waals surface area contributed by atoms with E-state index >= 15 is 0 Å². The number of hydrogen-bond acceptors (Lipinski definition) is 4. The van der Waals surface area contributed by atoms with E-state index in [0.717, 1.165) is 24.7 Å². The predicted molar refractivity (Wildman–Crippen MR) is 76.1 cm³/mol. The maximum Gasteiger partial charge on any atom is 0.245 e. The number of nitrogens with one attached hydrogen (secondary N) is 1. The summed E-state index contributed by atoms with van der Waals surface area (Å²) in [5.74, 6) is 0.205. The third-order valence-corrected chi connectivity index (χ3v) is 6.23. The SMILES string of the molecule is CC1(CNS(=O)(=O)c2c(N)cccc2F)CCCS1. The Morgan fingerprint density at radius 1 is 1.53 bits per heavy atom. The zero-order valence-corrected chi connectivity index (χ0v) is 12.3. The number of anilines is 1. The standard InChI is InChI=1S/C12H17FN2O2S2/c1-12(6-3-7-18-12)8-15-19(16,17)11-9(13)4-2-5-10(11)14/h2,4-5,15H,3,6-8,14H2,1H3. The van der Waals surface area contributed by atoms with Crippen molar-refractivity contribution in [3.8, 4) is 0 Å². The Hall–Kier alpha value is -0.790. The molecule has 3 N–H and O–H groups in total. The van der Waals surface area contributed by atoms with E-state index in [-0.39, 0.29) is 17.0 Å². The molecule has 7 heteroatoms. The summed E-state index contributed by atoms with van der Waals surface area (Å²) in [6.07, 6.45) is 2.03. The highest BCUT2D eigenvalue weighted by atomic mass is 32.2. The number of hydrogen-bond donors (Lipinski definition) is 2. The summed E-state index contributed by atoms with van der Waals surface area (Å²) >= 11 is 1.74. The van der Waals surface area contributed by atoms with Crippen LogP contribution in [0.4, 0.5) is 10.1 Å². The third kappa shape index (κ3) is 3.21. The van der Waals surface area contributed by atoms with Crippen LogP contribution in [0.25, 0.3) is 0 Å². The lowest BCUT2D eigenvalue weighted by molar-refractivity contribution is 0.540. The fraction of sp³-hybridized carbons (Fsp3) is 0.500. The first-order valence-electron chi connectivity index (χ1n) is 6.02. The van der Waals surface area contributed by atoms with Gasteiger partial charge in [-0.25, -0.2) is 17.5 Å². The second-order valence-corrected chi connectivity index (χ2v) is 8.27. The molecule has 1 atom stereocenters. The van der Waals surface area contributed by atoms with E-state index in [2.05, 4.69) is 4.72 Å². The van der Waals surface area contributed by atoms with Gasteiger partial charge in [0.15, 0.2) is 0 Å². The third-order valence-electron chi connectivity index (χ3n) is 3.20. The monoisotopic (exact) mass is 304 g/mol. The van der Waals surface area contributed by atoms with Crippen molar-refractivity contribution in [2.45, 2.75) is 29.4 Å². The number of halogens is 1. The van der Waals surface area contributed by atoms with E-state index < -0.39 is 20.7 Å². The van der Waals surface area contributed by atoms with Crippen LogP contribution in [-0.4, -0.2) is 25.5 Å². The molecular weight excluding hydrogens is 287 g/mol. The molecule has 0 bridgehead atoms. The average Bonchev–Trinajstić information content (AvgIpc) is 2.74. The van der Waals surface area contributed by atoms with Gasteiger partial charge in [0.05, 0.1) is 5.69 Å². The fourth-order valence-corrected chi connectivity index (χ4v) is 4.80. The number of rotatable bonds is 4. The molecular formula is C12H17FN2O2S2. The van der Waals surface area contributed by atoms with Gasteiger partial charge in [0, 0.05) is 11.3 Å². The molecule has 1 fully saturated rings. The van der Waals surface area contributed by atoms with Crippen molar-refractivity contribution in [2.24, 2.45) is 0 Å². The van der Waals surface area contributed by atoms with E-state index in [0.29, 0.717) is 0 Å². The molecule has 1 aliphatic rings. The van der Waals surface area contributed by atoms with Crippen molar-refractivity contribution in [1.29, 1.82) is 0 Å². The van der Waals surface area contributed by atoms with Gasteiger partial charge >= 0.3 is 0 Å². The van der Waals surface area contributed by atoms with Crippen LogP contribution in [0.2, 0.25) is 0 Å². The Kier molecular flexibility index (Phi) is 4.08. The summed E-state index contributed by atoms with van der Waals surface area (Å²) < 4.78 is 40.3. The van der Waals surface area contributed by atoms with Crippen LogP contribution >= 0.6 is 11.8 Å². The van der Waals surface area contributed by atoms with Gasteiger partial charge in [-0.3, -0.25) is 0 Å². The summed E-state index contributed by atoms with van der Waals surface area (Å²) in [4.78, 5) is -0.457. The van der Waals surface area contributed by atoms with Gasteiger partial charge in [-0.2, -0.15) is 11.8 Å². The molecule has 1 aliphatic heterocycles. The largest absolute Gasteiger partial charge is 0.398 e. The van der Waals surface area contributed by atoms with E-state index in [1.165, 1.54) is 12.1 Å². The fourth-order valence-electron chi connectivity index (χ4n) is 2.11. The van der Waals surface area contributed by atoms with Crippen molar-refractivity contribution in [1.82, 2.24) is 4.72 Å². The molecule has 19 heavy (non-hydrogen) atoms. The maximum absolute atomic E-state index is 13.6. The molecule has 4 nitrogen and oxygen atoms in total. The highest BCUT2D eigenvalue weighted by Gasteiger charge is 2.32. The van der Waals surface area contributed by atoms with Crippen molar-refractivity contribution < 1.29 is 12.8 Å². The van der Waals surface area contributed by atoms with E-state index in [9.17, 15) is 12.8 Å². The molecule has 0 radical (unpaired) electrons. The lowest BCUT2D eigenvalue weighted by atomic mass is 10.1. The number of sulfonamides is 1. The molecule has 0 aromatic heterocycles. The zero-order valence-electron chi connectivity index (χ0n) is 10.6. The first-order valence-corrected chi connectivity index (χ1v) is 8.49. The van der Waals surface area contributed by atoms with Crippen LogP contribution in [0, 0.1) is 5.82 Å². The Bertz CT molecular complexity index is 549. The molecule has 1 heterocycles. The molecule has 0 spiro atoms. The first-order chi connectivity index (χ1) is 8.84. The Morgan fingerprint density at radius 3 is 2.84 bits per heavy atom.